The summed E-state index contributed by atoms with van der Waals surface area (Å²) in [6.45, 7) is 4.17. The van der Waals surface area contributed by atoms with Crippen LogP contribution in [0.2, 0.25) is 0 Å². The molecule has 0 radical (unpaired) electrons. The van der Waals surface area contributed by atoms with Gasteiger partial charge in [0.25, 0.3) is 5.56 Å². The predicted molar refractivity (Wildman–Crippen MR) is 72.2 cm³/mol. The third-order valence-electron chi connectivity index (χ3n) is 3.80. The smallest absolute Gasteiger partial charge is 0.330 e. The first-order chi connectivity index (χ1) is 9.00. The fourth-order valence-electron chi connectivity index (χ4n) is 2.39. The van der Waals surface area contributed by atoms with E-state index in [1.54, 1.807) is 13.2 Å². The van der Waals surface area contributed by atoms with E-state index in [0.29, 0.717) is 24.1 Å². The lowest BCUT2D eigenvalue weighted by atomic mass is 10.0. The van der Waals surface area contributed by atoms with Crippen LogP contribution in [0.15, 0.2) is 15.8 Å². The number of nitrogens with one attached hydrogen (secondary N) is 1. The lowest BCUT2D eigenvalue weighted by molar-refractivity contribution is 0.178. The maximum Gasteiger partial charge on any atom is 0.330 e. The molecule has 6 nitrogen and oxygen atoms in total. The molecule has 0 saturated carbocycles. The predicted octanol–water partition coefficient (Wildman–Crippen LogP) is -0.401. The average Bonchev–Trinajstić information content (AvgIpc) is 2.92. The molecule has 1 fully saturated rings. The molecule has 1 aliphatic heterocycles. The minimum Gasteiger partial charge on any atom is -0.381 e. The maximum atomic E-state index is 12.0. The summed E-state index contributed by atoms with van der Waals surface area (Å²) in [6, 6.07) is 0.296. The summed E-state index contributed by atoms with van der Waals surface area (Å²) in [4.78, 5) is 23.5. The second-order valence-corrected chi connectivity index (χ2v) is 5.21. The van der Waals surface area contributed by atoms with E-state index in [0.717, 1.165) is 24.2 Å². The van der Waals surface area contributed by atoms with Crippen molar-refractivity contribution in [2.24, 2.45) is 20.0 Å². The molecule has 106 valence electrons. The van der Waals surface area contributed by atoms with Crippen LogP contribution in [0.1, 0.15) is 18.9 Å². The molecule has 0 amide bonds. The Morgan fingerprint density at radius 3 is 2.84 bits per heavy atom. The summed E-state index contributed by atoms with van der Waals surface area (Å²) >= 11 is 0. The van der Waals surface area contributed by atoms with Crippen LogP contribution in [0.5, 0.6) is 0 Å². The van der Waals surface area contributed by atoms with Crippen molar-refractivity contribution in [3.63, 3.8) is 0 Å². The summed E-state index contributed by atoms with van der Waals surface area (Å²) in [6.07, 6.45) is 2.66. The Balaban J connectivity index is 2.07. The van der Waals surface area contributed by atoms with Gasteiger partial charge in [0.15, 0.2) is 0 Å². The number of aromatic nitrogens is 2. The van der Waals surface area contributed by atoms with Crippen LogP contribution in [-0.2, 0) is 25.4 Å². The highest BCUT2D eigenvalue weighted by Gasteiger charge is 2.22. The van der Waals surface area contributed by atoms with Gasteiger partial charge in [0.2, 0.25) is 0 Å². The summed E-state index contributed by atoms with van der Waals surface area (Å²) in [7, 11) is 3.15. The van der Waals surface area contributed by atoms with Gasteiger partial charge in [-0.05, 0) is 19.3 Å². The fourth-order valence-corrected chi connectivity index (χ4v) is 2.39. The second kappa shape index (κ2) is 5.71. The first-order valence-corrected chi connectivity index (χ1v) is 6.57. The Morgan fingerprint density at radius 2 is 2.21 bits per heavy atom. The van der Waals surface area contributed by atoms with Gasteiger partial charge in [-0.15, -0.1) is 0 Å². The first-order valence-electron chi connectivity index (χ1n) is 6.57. The summed E-state index contributed by atoms with van der Waals surface area (Å²) < 4.78 is 7.93. The van der Waals surface area contributed by atoms with Gasteiger partial charge >= 0.3 is 5.69 Å². The van der Waals surface area contributed by atoms with Crippen LogP contribution in [0, 0.1) is 5.92 Å². The minimum absolute atomic E-state index is 0.231. The molecule has 2 heterocycles. The normalized spacial score (nSPS) is 20.7. The fraction of sp³-hybridized carbons (Fsp3) is 0.692. The van der Waals surface area contributed by atoms with E-state index in [4.69, 9.17) is 4.74 Å². The quantitative estimate of drug-likeness (QED) is 0.806. The molecule has 1 aromatic heterocycles. The number of aryl methyl sites for hydroxylation is 1. The molecule has 1 saturated heterocycles. The standard InChI is InChI=1S/C13H21N3O3/c1-9(10-4-5-19-8-10)14-6-11-7-15(2)13(18)16(3)12(11)17/h7,9-10,14H,4-6,8H2,1-3H3. The Morgan fingerprint density at radius 1 is 1.47 bits per heavy atom. The van der Waals surface area contributed by atoms with E-state index in [2.05, 4.69) is 12.2 Å². The molecule has 1 N–H and O–H groups in total. The van der Waals surface area contributed by atoms with Gasteiger partial charge in [-0.3, -0.25) is 9.36 Å². The molecule has 0 aromatic carbocycles. The minimum atomic E-state index is -0.300. The van der Waals surface area contributed by atoms with Crippen molar-refractivity contribution >= 4 is 0 Å². The maximum absolute atomic E-state index is 12.0. The molecule has 0 spiro atoms. The van der Waals surface area contributed by atoms with Gasteiger partial charge in [-0.25, -0.2) is 4.79 Å². The number of rotatable bonds is 4. The van der Waals surface area contributed by atoms with Crippen LogP contribution in [0.3, 0.4) is 0 Å². The Kier molecular flexibility index (Phi) is 4.21. The van der Waals surface area contributed by atoms with Gasteiger partial charge in [-0.1, -0.05) is 0 Å². The van der Waals surface area contributed by atoms with Crippen LogP contribution >= 0.6 is 0 Å². The van der Waals surface area contributed by atoms with Crippen LogP contribution in [-0.4, -0.2) is 28.4 Å². The number of nitrogens with zero attached hydrogens (tertiary/aromatic N) is 2. The lowest BCUT2D eigenvalue weighted by Gasteiger charge is -2.19. The molecule has 2 unspecified atom stereocenters. The highest BCUT2D eigenvalue weighted by atomic mass is 16.5. The summed E-state index contributed by atoms with van der Waals surface area (Å²) in [5, 5.41) is 3.35. The molecule has 1 aliphatic rings. The molecular formula is C13H21N3O3. The van der Waals surface area contributed by atoms with E-state index in [1.807, 2.05) is 0 Å². The Bertz CT molecular complexity index is 555. The Hall–Kier alpha value is -1.40. The number of hydrogen-bond donors (Lipinski definition) is 1. The van der Waals surface area contributed by atoms with Crippen molar-refractivity contribution in [1.29, 1.82) is 0 Å². The monoisotopic (exact) mass is 267 g/mol. The average molecular weight is 267 g/mol. The van der Waals surface area contributed by atoms with Gasteiger partial charge < -0.3 is 14.6 Å². The number of ether oxygens (including phenoxy) is 1. The van der Waals surface area contributed by atoms with Gasteiger partial charge in [0.05, 0.1) is 6.61 Å². The molecule has 2 rings (SSSR count). The van der Waals surface area contributed by atoms with E-state index in [1.165, 1.54) is 11.6 Å². The molecule has 2 atom stereocenters. The van der Waals surface area contributed by atoms with Crippen molar-refractivity contribution in [3.8, 4) is 0 Å². The molecular weight excluding hydrogens is 246 g/mol. The zero-order chi connectivity index (χ0) is 14.0. The van der Waals surface area contributed by atoms with Crippen LogP contribution in [0.4, 0.5) is 0 Å². The summed E-state index contributed by atoms with van der Waals surface area (Å²) in [5.74, 6) is 0.497. The highest BCUT2D eigenvalue weighted by Crippen LogP contribution is 2.16. The SMILES string of the molecule is CC(NCc1cn(C)c(=O)n(C)c1=O)C1CCOC1. The molecule has 19 heavy (non-hydrogen) atoms. The van der Waals surface area contributed by atoms with E-state index >= 15 is 0 Å². The summed E-state index contributed by atoms with van der Waals surface area (Å²) in [5.41, 5.74) is 0.0758. The van der Waals surface area contributed by atoms with Gasteiger partial charge in [0, 0.05) is 45.0 Å². The molecule has 0 aliphatic carbocycles. The first kappa shape index (κ1) is 14.0. The topological polar surface area (TPSA) is 65.3 Å². The number of hydrogen-bond acceptors (Lipinski definition) is 4. The van der Waals surface area contributed by atoms with Crippen LogP contribution in [0.25, 0.3) is 0 Å². The highest BCUT2D eigenvalue weighted by molar-refractivity contribution is 5.05. The third-order valence-corrected chi connectivity index (χ3v) is 3.80. The van der Waals surface area contributed by atoms with Gasteiger partial charge in [0.1, 0.15) is 0 Å². The molecule has 1 aromatic rings. The lowest BCUT2D eigenvalue weighted by Crippen LogP contribution is -2.41. The zero-order valence-electron chi connectivity index (χ0n) is 11.7. The van der Waals surface area contributed by atoms with E-state index in [-0.39, 0.29) is 11.2 Å². The Labute approximate surface area is 112 Å². The van der Waals surface area contributed by atoms with Crippen LogP contribution < -0.4 is 16.6 Å². The second-order valence-electron chi connectivity index (χ2n) is 5.21. The van der Waals surface area contributed by atoms with E-state index in [9.17, 15) is 9.59 Å². The van der Waals surface area contributed by atoms with Crippen molar-refractivity contribution in [3.05, 3.63) is 32.6 Å². The molecule has 6 heteroatoms. The zero-order valence-corrected chi connectivity index (χ0v) is 11.7. The largest absolute Gasteiger partial charge is 0.381 e. The van der Waals surface area contributed by atoms with E-state index < -0.39 is 0 Å². The van der Waals surface area contributed by atoms with Crippen molar-refractivity contribution in [2.75, 3.05) is 13.2 Å². The van der Waals surface area contributed by atoms with Crippen molar-refractivity contribution < 1.29 is 4.74 Å². The van der Waals surface area contributed by atoms with Gasteiger partial charge in [-0.2, -0.15) is 0 Å². The third kappa shape index (κ3) is 2.96. The molecule has 0 bridgehead atoms. The van der Waals surface area contributed by atoms with Crippen molar-refractivity contribution in [2.45, 2.75) is 25.9 Å². The van der Waals surface area contributed by atoms with Crippen molar-refractivity contribution in [1.82, 2.24) is 14.5 Å².